The molecular weight excluding hydrogens is 241 g/mol. The van der Waals surface area contributed by atoms with Crippen LogP contribution in [0.15, 0.2) is 36.7 Å². The lowest BCUT2D eigenvalue weighted by molar-refractivity contribution is 0.168. The van der Waals surface area contributed by atoms with Crippen molar-refractivity contribution in [2.75, 3.05) is 25.0 Å². The summed E-state index contributed by atoms with van der Waals surface area (Å²) in [6, 6.07) is 6.89. The quantitative estimate of drug-likeness (QED) is 0.874. The van der Waals surface area contributed by atoms with Gasteiger partial charge in [0.25, 0.3) is 0 Å². The summed E-state index contributed by atoms with van der Waals surface area (Å²) in [6.45, 7) is 11.3. The van der Waals surface area contributed by atoms with E-state index in [2.05, 4.69) is 36.0 Å². The minimum Gasteiger partial charge on any atom is -0.353 e. The van der Waals surface area contributed by atoms with Crippen molar-refractivity contribution in [2.24, 2.45) is 5.92 Å². The number of nitrogens with one attached hydrogen (secondary N) is 2. The van der Waals surface area contributed by atoms with Gasteiger partial charge in [0.2, 0.25) is 0 Å². The Kier molecular flexibility index (Phi) is 4.43. The van der Waals surface area contributed by atoms with Crippen molar-refractivity contribution >= 4 is 5.69 Å². The molecule has 1 saturated heterocycles. The van der Waals surface area contributed by atoms with E-state index < -0.39 is 0 Å². The standard InChI is InChI=1S/C15H22FN3/c1-11(2)15-10-17-7-8-19(15)12(3)18-14-6-4-5-13(16)9-14/h4-6,9,11,15,17-18H,3,7-8,10H2,1-2H3. The zero-order valence-electron chi connectivity index (χ0n) is 11.6. The zero-order valence-corrected chi connectivity index (χ0v) is 11.6. The first-order valence-electron chi connectivity index (χ1n) is 6.77. The van der Waals surface area contributed by atoms with Gasteiger partial charge in [0, 0.05) is 31.4 Å². The van der Waals surface area contributed by atoms with Crippen LogP contribution in [0.3, 0.4) is 0 Å². The highest BCUT2D eigenvalue weighted by Crippen LogP contribution is 2.19. The Morgan fingerprint density at radius 2 is 2.32 bits per heavy atom. The molecule has 1 fully saturated rings. The molecule has 104 valence electrons. The lowest BCUT2D eigenvalue weighted by Gasteiger charge is -2.41. The summed E-state index contributed by atoms with van der Waals surface area (Å²) >= 11 is 0. The van der Waals surface area contributed by atoms with Gasteiger partial charge < -0.3 is 15.5 Å². The lowest BCUT2D eigenvalue weighted by atomic mass is 10.0. The van der Waals surface area contributed by atoms with E-state index in [9.17, 15) is 4.39 Å². The predicted octanol–water partition coefficient (Wildman–Crippen LogP) is 2.64. The second-order valence-electron chi connectivity index (χ2n) is 5.29. The van der Waals surface area contributed by atoms with Crippen LogP contribution in [0, 0.1) is 11.7 Å². The van der Waals surface area contributed by atoms with Crippen molar-refractivity contribution in [3.63, 3.8) is 0 Å². The molecule has 1 atom stereocenters. The molecule has 0 aromatic heterocycles. The average molecular weight is 263 g/mol. The smallest absolute Gasteiger partial charge is 0.125 e. The molecule has 3 nitrogen and oxygen atoms in total. The number of hydrogen-bond donors (Lipinski definition) is 2. The zero-order chi connectivity index (χ0) is 13.8. The molecule has 1 aromatic carbocycles. The van der Waals surface area contributed by atoms with Gasteiger partial charge >= 0.3 is 0 Å². The van der Waals surface area contributed by atoms with E-state index in [1.807, 2.05) is 6.07 Å². The Bertz CT molecular complexity index is 445. The number of piperazine rings is 1. The largest absolute Gasteiger partial charge is 0.353 e. The maximum atomic E-state index is 13.2. The summed E-state index contributed by atoms with van der Waals surface area (Å²) in [5.41, 5.74) is 0.742. The maximum Gasteiger partial charge on any atom is 0.125 e. The number of benzene rings is 1. The number of anilines is 1. The number of rotatable bonds is 4. The van der Waals surface area contributed by atoms with Crippen LogP contribution in [-0.2, 0) is 0 Å². The van der Waals surface area contributed by atoms with Crippen LogP contribution >= 0.6 is 0 Å². The minimum atomic E-state index is -0.237. The maximum absolute atomic E-state index is 13.2. The van der Waals surface area contributed by atoms with Crippen LogP contribution in [0.25, 0.3) is 0 Å². The summed E-state index contributed by atoms with van der Waals surface area (Å²) in [4.78, 5) is 2.27. The fourth-order valence-corrected chi connectivity index (χ4v) is 2.46. The molecule has 1 aromatic rings. The van der Waals surface area contributed by atoms with Crippen LogP contribution in [0.4, 0.5) is 10.1 Å². The summed E-state index contributed by atoms with van der Waals surface area (Å²) in [6.07, 6.45) is 0. The third-order valence-electron chi connectivity index (χ3n) is 3.51. The summed E-state index contributed by atoms with van der Waals surface area (Å²) < 4.78 is 13.2. The molecule has 1 heterocycles. The van der Waals surface area contributed by atoms with Crippen molar-refractivity contribution in [1.29, 1.82) is 0 Å². The fraction of sp³-hybridized carbons (Fsp3) is 0.467. The van der Waals surface area contributed by atoms with Crippen LogP contribution in [0.5, 0.6) is 0 Å². The van der Waals surface area contributed by atoms with Gasteiger partial charge in [0.05, 0.1) is 5.82 Å². The number of halogens is 1. The summed E-state index contributed by atoms with van der Waals surface area (Å²) in [7, 11) is 0. The topological polar surface area (TPSA) is 27.3 Å². The van der Waals surface area contributed by atoms with Crippen molar-refractivity contribution in [2.45, 2.75) is 19.9 Å². The molecule has 0 bridgehead atoms. The van der Waals surface area contributed by atoms with Gasteiger partial charge in [-0.15, -0.1) is 0 Å². The molecule has 2 rings (SSSR count). The van der Waals surface area contributed by atoms with E-state index in [0.29, 0.717) is 12.0 Å². The molecule has 1 unspecified atom stereocenters. The van der Waals surface area contributed by atoms with Crippen molar-refractivity contribution in [3.8, 4) is 0 Å². The van der Waals surface area contributed by atoms with E-state index >= 15 is 0 Å². The van der Waals surface area contributed by atoms with Gasteiger partial charge in [-0.2, -0.15) is 0 Å². The molecule has 0 aliphatic carbocycles. The van der Waals surface area contributed by atoms with Crippen molar-refractivity contribution in [3.05, 3.63) is 42.5 Å². The molecular formula is C15H22FN3. The normalized spacial score (nSPS) is 19.6. The van der Waals surface area contributed by atoms with Gasteiger partial charge in [-0.1, -0.05) is 26.5 Å². The van der Waals surface area contributed by atoms with Crippen LogP contribution < -0.4 is 10.6 Å². The third-order valence-corrected chi connectivity index (χ3v) is 3.51. The Morgan fingerprint density at radius 3 is 3.00 bits per heavy atom. The van der Waals surface area contributed by atoms with Gasteiger partial charge in [-0.05, 0) is 24.1 Å². The number of hydrogen-bond acceptors (Lipinski definition) is 3. The second-order valence-corrected chi connectivity index (χ2v) is 5.29. The molecule has 19 heavy (non-hydrogen) atoms. The molecule has 0 saturated carbocycles. The van der Waals surface area contributed by atoms with E-state index in [1.165, 1.54) is 12.1 Å². The van der Waals surface area contributed by atoms with Crippen LogP contribution in [0.1, 0.15) is 13.8 Å². The molecule has 1 aliphatic heterocycles. The molecule has 2 N–H and O–H groups in total. The van der Waals surface area contributed by atoms with Crippen LogP contribution in [-0.4, -0.2) is 30.6 Å². The minimum absolute atomic E-state index is 0.237. The Hall–Kier alpha value is -1.55. The molecule has 0 amide bonds. The Balaban J connectivity index is 2.05. The second kappa shape index (κ2) is 6.06. The molecule has 1 aliphatic rings. The summed E-state index contributed by atoms with van der Waals surface area (Å²) in [5.74, 6) is 1.14. The first kappa shape index (κ1) is 13.9. The SMILES string of the molecule is C=C(Nc1cccc(F)c1)N1CCNCC1C(C)C. The molecule has 0 spiro atoms. The van der Waals surface area contributed by atoms with Crippen LogP contribution in [0.2, 0.25) is 0 Å². The monoisotopic (exact) mass is 263 g/mol. The van der Waals surface area contributed by atoms with E-state index in [4.69, 9.17) is 0 Å². The van der Waals surface area contributed by atoms with Gasteiger partial charge in [0.15, 0.2) is 0 Å². The Morgan fingerprint density at radius 1 is 1.53 bits per heavy atom. The van der Waals surface area contributed by atoms with Gasteiger partial charge in [-0.3, -0.25) is 0 Å². The van der Waals surface area contributed by atoms with Gasteiger partial charge in [0.1, 0.15) is 5.82 Å². The highest BCUT2D eigenvalue weighted by molar-refractivity contribution is 5.47. The number of nitrogens with zero attached hydrogens (tertiary/aromatic N) is 1. The third kappa shape index (κ3) is 3.47. The average Bonchev–Trinajstić information content (AvgIpc) is 2.38. The molecule has 4 heteroatoms. The van der Waals surface area contributed by atoms with E-state index in [0.717, 1.165) is 31.1 Å². The van der Waals surface area contributed by atoms with E-state index in [-0.39, 0.29) is 5.82 Å². The van der Waals surface area contributed by atoms with Crippen molar-refractivity contribution in [1.82, 2.24) is 10.2 Å². The first-order valence-corrected chi connectivity index (χ1v) is 6.77. The Labute approximate surface area is 114 Å². The lowest BCUT2D eigenvalue weighted by Crippen LogP contribution is -2.53. The van der Waals surface area contributed by atoms with E-state index in [1.54, 1.807) is 6.07 Å². The predicted molar refractivity (Wildman–Crippen MR) is 77.4 cm³/mol. The van der Waals surface area contributed by atoms with Gasteiger partial charge in [-0.25, -0.2) is 4.39 Å². The molecule has 0 radical (unpaired) electrons. The van der Waals surface area contributed by atoms with Crippen molar-refractivity contribution < 1.29 is 4.39 Å². The first-order chi connectivity index (χ1) is 9.08. The fourth-order valence-electron chi connectivity index (χ4n) is 2.46. The summed E-state index contributed by atoms with van der Waals surface area (Å²) in [5, 5.41) is 6.60. The highest BCUT2D eigenvalue weighted by atomic mass is 19.1. The highest BCUT2D eigenvalue weighted by Gasteiger charge is 2.25.